The molecule has 2 aliphatic heterocycles. The number of carboxylic acids is 1. The van der Waals surface area contributed by atoms with E-state index in [1.165, 1.54) is 0 Å². The van der Waals surface area contributed by atoms with Crippen LogP contribution in [0.1, 0.15) is 35.7 Å². The fraction of sp³-hybridized carbons (Fsp3) is 0.333. The van der Waals surface area contributed by atoms with Crippen LogP contribution in [0.5, 0.6) is 5.75 Å². The molecule has 1 N–H and O–H groups in total. The van der Waals surface area contributed by atoms with Gasteiger partial charge in [-0.05, 0) is 29.3 Å². The van der Waals surface area contributed by atoms with Gasteiger partial charge in [-0.25, -0.2) is 4.79 Å². The minimum atomic E-state index is -0.952. The minimum Gasteiger partial charge on any atom is -0.478 e. The van der Waals surface area contributed by atoms with E-state index in [1.807, 2.05) is 24.3 Å². The van der Waals surface area contributed by atoms with Gasteiger partial charge in [-0.2, -0.15) is 0 Å². The van der Waals surface area contributed by atoms with Crippen molar-refractivity contribution in [2.45, 2.75) is 32.2 Å². The molecule has 0 aliphatic carbocycles. The summed E-state index contributed by atoms with van der Waals surface area (Å²) in [6, 6.07) is 12.6. The van der Waals surface area contributed by atoms with E-state index in [0.717, 1.165) is 16.9 Å². The van der Waals surface area contributed by atoms with Gasteiger partial charge in [-0.1, -0.05) is 24.3 Å². The van der Waals surface area contributed by atoms with Crippen LogP contribution < -0.4 is 4.74 Å². The Morgan fingerprint density at radius 2 is 1.85 bits per heavy atom. The minimum absolute atomic E-state index is 0.0720. The molecule has 2 aliphatic rings. The van der Waals surface area contributed by atoms with Gasteiger partial charge in [0.25, 0.3) is 0 Å². The number of aromatic carboxylic acids is 1. The molecule has 0 aromatic heterocycles. The Hall–Kier alpha value is -2.86. The molecule has 2 heterocycles. The average Bonchev–Trinajstić information content (AvgIpc) is 2.68. The van der Waals surface area contributed by atoms with Crippen molar-refractivity contribution >= 4 is 11.9 Å². The van der Waals surface area contributed by atoms with Crippen LogP contribution in [0.3, 0.4) is 0 Å². The van der Waals surface area contributed by atoms with E-state index >= 15 is 0 Å². The molecule has 1 fully saturated rings. The van der Waals surface area contributed by atoms with Crippen molar-refractivity contribution in [1.29, 1.82) is 0 Å². The van der Waals surface area contributed by atoms with E-state index in [-0.39, 0.29) is 11.5 Å². The lowest BCUT2D eigenvalue weighted by molar-refractivity contribution is -0.227. The molecular formula is C21H21NO5. The first-order chi connectivity index (χ1) is 13.0. The number of benzene rings is 2. The van der Waals surface area contributed by atoms with E-state index < -0.39 is 11.8 Å². The topological polar surface area (TPSA) is 76.1 Å². The number of hydrogen-bond acceptors (Lipinski definition) is 4. The maximum Gasteiger partial charge on any atom is 0.336 e. The summed E-state index contributed by atoms with van der Waals surface area (Å²) >= 11 is 0. The summed E-state index contributed by atoms with van der Waals surface area (Å²) in [6.45, 7) is 3.22. The van der Waals surface area contributed by atoms with Gasteiger partial charge in [0, 0.05) is 38.4 Å². The highest BCUT2D eigenvalue weighted by atomic mass is 16.7. The molecule has 2 aromatic carbocycles. The molecule has 140 valence electrons. The number of carbonyl (C=O) groups is 2. The van der Waals surface area contributed by atoms with Gasteiger partial charge in [0.2, 0.25) is 11.7 Å². The summed E-state index contributed by atoms with van der Waals surface area (Å²) in [5, 5.41) is 9.41. The molecule has 6 nitrogen and oxygen atoms in total. The Balaban J connectivity index is 1.58. The van der Waals surface area contributed by atoms with Crippen LogP contribution in [0.25, 0.3) is 11.1 Å². The second-order valence-corrected chi connectivity index (χ2v) is 6.98. The van der Waals surface area contributed by atoms with Crippen molar-refractivity contribution in [3.63, 3.8) is 0 Å². The van der Waals surface area contributed by atoms with Crippen LogP contribution in [0, 0.1) is 0 Å². The van der Waals surface area contributed by atoms with Gasteiger partial charge in [-0.15, -0.1) is 0 Å². The summed E-state index contributed by atoms with van der Waals surface area (Å²) in [5.41, 5.74) is 2.65. The second-order valence-electron chi connectivity index (χ2n) is 6.98. The van der Waals surface area contributed by atoms with Crippen molar-refractivity contribution in [2.75, 3.05) is 13.1 Å². The highest BCUT2D eigenvalue weighted by molar-refractivity contribution is 5.96. The second kappa shape index (κ2) is 6.70. The lowest BCUT2D eigenvalue weighted by atomic mass is 9.96. The number of fused-ring (bicyclic) bond motifs is 1. The third-order valence-corrected chi connectivity index (χ3v) is 5.29. The molecule has 0 radical (unpaired) electrons. The summed E-state index contributed by atoms with van der Waals surface area (Å²) in [6.07, 6.45) is 1.27. The Labute approximate surface area is 157 Å². The van der Waals surface area contributed by atoms with E-state index in [4.69, 9.17) is 9.47 Å². The zero-order valence-corrected chi connectivity index (χ0v) is 15.1. The summed E-state index contributed by atoms with van der Waals surface area (Å²) in [7, 11) is 0. The molecule has 4 rings (SSSR count). The van der Waals surface area contributed by atoms with Crippen LogP contribution in [-0.4, -0.2) is 40.8 Å². The zero-order valence-electron chi connectivity index (χ0n) is 15.1. The molecule has 0 unspecified atom stereocenters. The third kappa shape index (κ3) is 3.28. The van der Waals surface area contributed by atoms with Gasteiger partial charge >= 0.3 is 5.97 Å². The predicted octanol–water partition coefficient (Wildman–Crippen LogP) is 3.30. The number of likely N-dealkylation sites (tertiary alicyclic amines) is 1. The van der Waals surface area contributed by atoms with Crippen molar-refractivity contribution in [3.05, 3.63) is 53.6 Å². The standard InChI is InChI=1S/C21H21NO5/c1-14(23)22-10-8-21(9-11-22)26-13-16-12-15(6-7-19(16)27-21)17-4-2-3-5-18(17)20(24)25/h2-7,12H,8-11,13H2,1H3,(H,24,25). The van der Waals surface area contributed by atoms with E-state index in [9.17, 15) is 14.7 Å². The van der Waals surface area contributed by atoms with Gasteiger partial charge < -0.3 is 19.5 Å². The number of rotatable bonds is 2. The van der Waals surface area contributed by atoms with E-state index in [1.54, 1.807) is 30.0 Å². The van der Waals surface area contributed by atoms with Crippen molar-refractivity contribution < 1.29 is 24.2 Å². The van der Waals surface area contributed by atoms with E-state index in [0.29, 0.717) is 38.1 Å². The molecule has 27 heavy (non-hydrogen) atoms. The number of hydrogen-bond donors (Lipinski definition) is 1. The van der Waals surface area contributed by atoms with Crippen LogP contribution >= 0.6 is 0 Å². The smallest absolute Gasteiger partial charge is 0.336 e. The lowest BCUT2D eigenvalue weighted by Crippen LogP contribution is -2.52. The van der Waals surface area contributed by atoms with Gasteiger partial charge in [0.05, 0.1) is 12.2 Å². The molecule has 0 bridgehead atoms. The molecule has 0 atom stereocenters. The van der Waals surface area contributed by atoms with Crippen LogP contribution in [0.4, 0.5) is 0 Å². The Morgan fingerprint density at radius 3 is 2.56 bits per heavy atom. The lowest BCUT2D eigenvalue weighted by Gasteiger charge is -2.43. The number of piperidine rings is 1. The molecule has 1 amide bonds. The Kier molecular flexibility index (Phi) is 4.36. The van der Waals surface area contributed by atoms with Gasteiger partial charge in [0.1, 0.15) is 5.75 Å². The first-order valence-corrected chi connectivity index (χ1v) is 9.02. The Bertz CT molecular complexity index is 899. The summed E-state index contributed by atoms with van der Waals surface area (Å²) < 4.78 is 12.2. The summed E-state index contributed by atoms with van der Waals surface area (Å²) in [4.78, 5) is 24.8. The highest BCUT2D eigenvalue weighted by Crippen LogP contribution is 2.39. The molecule has 1 spiro atoms. The van der Waals surface area contributed by atoms with Crippen molar-refractivity contribution in [1.82, 2.24) is 4.90 Å². The number of ether oxygens (including phenoxy) is 2. The first kappa shape index (κ1) is 17.5. The van der Waals surface area contributed by atoms with Gasteiger partial charge in [0.15, 0.2) is 0 Å². The fourth-order valence-electron chi connectivity index (χ4n) is 3.73. The molecule has 6 heteroatoms. The molecule has 2 aromatic rings. The van der Waals surface area contributed by atoms with Crippen LogP contribution in [0.2, 0.25) is 0 Å². The van der Waals surface area contributed by atoms with Crippen LogP contribution in [0.15, 0.2) is 42.5 Å². The van der Waals surface area contributed by atoms with E-state index in [2.05, 4.69) is 0 Å². The number of amides is 1. The third-order valence-electron chi connectivity index (χ3n) is 5.29. The first-order valence-electron chi connectivity index (χ1n) is 9.02. The van der Waals surface area contributed by atoms with Crippen LogP contribution in [-0.2, 0) is 16.1 Å². The van der Waals surface area contributed by atoms with Crippen molar-refractivity contribution in [3.8, 4) is 16.9 Å². The number of carboxylic acid groups (broad SMARTS) is 1. The normalized spacial score (nSPS) is 17.9. The fourth-order valence-corrected chi connectivity index (χ4v) is 3.73. The van der Waals surface area contributed by atoms with Crippen molar-refractivity contribution in [2.24, 2.45) is 0 Å². The quantitative estimate of drug-likeness (QED) is 0.881. The summed E-state index contributed by atoms with van der Waals surface area (Å²) in [5.74, 6) is -0.803. The maximum absolute atomic E-state index is 11.5. The highest BCUT2D eigenvalue weighted by Gasteiger charge is 2.41. The SMILES string of the molecule is CC(=O)N1CCC2(CC1)OCc1cc(-c3ccccc3C(=O)O)ccc1O2. The van der Waals surface area contributed by atoms with Gasteiger partial charge in [-0.3, -0.25) is 4.79 Å². The molecule has 0 saturated carbocycles. The number of nitrogens with zero attached hydrogens (tertiary/aromatic N) is 1. The zero-order chi connectivity index (χ0) is 19.0. The predicted molar refractivity (Wildman–Crippen MR) is 98.5 cm³/mol. The largest absolute Gasteiger partial charge is 0.478 e. The number of carbonyl (C=O) groups excluding carboxylic acids is 1. The average molecular weight is 367 g/mol. The Morgan fingerprint density at radius 1 is 1.11 bits per heavy atom. The monoisotopic (exact) mass is 367 g/mol. The molecule has 1 saturated heterocycles. The maximum atomic E-state index is 11.5. The molecular weight excluding hydrogens is 346 g/mol.